The van der Waals surface area contributed by atoms with Crippen LogP contribution in [0.25, 0.3) is 0 Å². The zero-order valence-electron chi connectivity index (χ0n) is 11.7. The van der Waals surface area contributed by atoms with Gasteiger partial charge >= 0.3 is 0 Å². The molecular formula is C14H17FN2O2S2. The standard InChI is InChI=1S/C14H17FN2O2S2/c1-9(2)14(11-6-4-8-20-11)17-21(18,19)12-7-3-5-10(15)13(12)16/h3-9,14,17H,16H2,1-2H3. The van der Waals surface area contributed by atoms with Gasteiger partial charge in [0.2, 0.25) is 10.0 Å². The molecule has 1 aromatic carbocycles. The Balaban J connectivity index is 2.38. The third-order valence-corrected chi connectivity index (χ3v) is 5.56. The quantitative estimate of drug-likeness (QED) is 0.828. The van der Waals surface area contributed by atoms with Gasteiger partial charge in [0.1, 0.15) is 10.7 Å². The minimum absolute atomic E-state index is 0.0493. The van der Waals surface area contributed by atoms with Crippen LogP contribution in [0.1, 0.15) is 24.8 Å². The summed E-state index contributed by atoms with van der Waals surface area (Å²) >= 11 is 1.47. The number of anilines is 1. The third kappa shape index (κ3) is 3.42. The number of nitrogen functional groups attached to an aromatic ring is 1. The Morgan fingerprint density at radius 1 is 1.24 bits per heavy atom. The van der Waals surface area contributed by atoms with Gasteiger partial charge in [-0.3, -0.25) is 0 Å². The van der Waals surface area contributed by atoms with Crippen molar-refractivity contribution >= 4 is 27.0 Å². The molecule has 0 saturated carbocycles. The molecular weight excluding hydrogens is 311 g/mol. The van der Waals surface area contributed by atoms with Crippen molar-refractivity contribution in [3.05, 3.63) is 46.4 Å². The van der Waals surface area contributed by atoms with Crippen molar-refractivity contribution in [2.75, 3.05) is 5.73 Å². The lowest BCUT2D eigenvalue weighted by Crippen LogP contribution is -2.31. The van der Waals surface area contributed by atoms with Gasteiger partial charge < -0.3 is 5.73 Å². The summed E-state index contributed by atoms with van der Waals surface area (Å²) in [5.74, 6) is -0.691. The topological polar surface area (TPSA) is 72.2 Å². The Kier molecular flexibility index (Phi) is 4.65. The summed E-state index contributed by atoms with van der Waals surface area (Å²) in [6, 6.07) is 7.11. The van der Waals surface area contributed by atoms with E-state index in [2.05, 4.69) is 4.72 Å². The molecule has 2 rings (SSSR count). The predicted octanol–water partition coefficient (Wildman–Crippen LogP) is 3.15. The second-order valence-electron chi connectivity index (χ2n) is 5.01. The van der Waals surface area contributed by atoms with E-state index < -0.39 is 15.8 Å². The summed E-state index contributed by atoms with van der Waals surface area (Å²) in [7, 11) is -3.89. The summed E-state index contributed by atoms with van der Waals surface area (Å²) in [6.07, 6.45) is 0. The fourth-order valence-electron chi connectivity index (χ4n) is 1.97. The highest BCUT2D eigenvalue weighted by molar-refractivity contribution is 7.89. The Hall–Kier alpha value is -1.44. The Bertz CT molecular complexity index is 713. The zero-order chi connectivity index (χ0) is 15.6. The first-order chi connectivity index (χ1) is 9.83. The smallest absolute Gasteiger partial charge is 0.243 e. The van der Waals surface area contributed by atoms with Crippen molar-refractivity contribution in [1.82, 2.24) is 4.72 Å². The molecule has 0 aliphatic carbocycles. The number of halogens is 1. The molecule has 1 atom stereocenters. The largest absolute Gasteiger partial charge is 0.395 e. The van der Waals surface area contributed by atoms with E-state index in [1.54, 1.807) is 0 Å². The Morgan fingerprint density at radius 3 is 2.52 bits per heavy atom. The highest BCUT2D eigenvalue weighted by Gasteiger charge is 2.26. The van der Waals surface area contributed by atoms with E-state index in [-0.39, 0.29) is 22.5 Å². The van der Waals surface area contributed by atoms with Gasteiger partial charge in [-0.25, -0.2) is 17.5 Å². The summed E-state index contributed by atoms with van der Waals surface area (Å²) in [5, 5.41) is 1.88. The molecule has 0 aliphatic heterocycles. The number of benzene rings is 1. The molecule has 0 fully saturated rings. The molecule has 4 nitrogen and oxygen atoms in total. The van der Waals surface area contributed by atoms with Crippen LogP contribution in [0, 0.1) is 11.7 Å². The van der Waals surface area contributed by atoms with Gasteiger partial charge in [-0.15, -0.1) is 11.3 Å². The number of nitrogens with one attached hydrogen (secondary N) is 1. The molecule has 7 heteroatoms. The maximum atomic E-state index is 13.5. The zero-order valence-corrected chi connectivity index (χ0v) is 13.3. The number of nitrogens with two attached hydrogens (primary N) is 1. The highest BCUT2D eigenvalue weighted by atomic mass is 32.2. The van der Waals surface area contributed by atoms with E-state index >= 15 is 0 Å². The maximum absolute atomic E-state index is 13.5. The van der Waals surface area contributed by atoms with Gasteiger partial charge in [0, 0.05) is 4.88 Å². The van der Waals surface area contributed by atoms with Crippen molar-refractivity contribution < 1.29 is 12.8 Å². The number of hydrogen-bond donors (Lipinski definition) is 2. The molecule has 0 amide bonds. The van der Waals surface area contributed by atoms with Crippen LogP contribution in [-0.4, -0.2) is 8.42 Å². The summed E-state index contributed by atoms with van der Waals surface area (Å²) in [5.41, 5.74) is 5.19. The average Bonchev–Trinajstić information content (AvgIpc) is 2.92. The van der Waals surface area contributed by atoms with Gasteiger partial charge in [0.05, 0.1) is 11.7 Å². The van der Waals surface area contributed by atoms with E-state index in [1.165, 1.54) is 23.5 Å². The van der Waals surface area contributed by atoms with Crippen molar-refractivity contribution in [3.8, 4) is 0 Å². The van der Waals surface area contributed by atoms with E-state index in [4.69, 9.17) is 5.73 Å². The fourth-order valence-corrected chi connectivity index (χ4v) is 4.50. The molecule has 1 aromatic heterocycles. The minimum Gasteiger partial charge on any atom is -0.395 e. The third-order valence-electron chi connectivity index (χ3n) is 3.10. The summed E-state index contributed by atoms with van der Waals surface area (Å²) in [4.78, 5) is 0.674. The molecule has 0 radical (unpaired) electrons. The number of para-hydroxylation sites is 1. The summed E-state index contributed by atoms with van der Waals surface area (Å²) in [6.45, 7) is 3.84. The molecule has 1 heterocycles. The van der Waals surface area contributed by atoms with Crippen LogP contribution in [-0.2, 0) is 10.0 Å². The first-order valence-electron chi connectivity index (χ1n) is 6.42. The van der Waals surface area contributed by atoms with Crippen molar-refractivity contribution in [2.24, 2.45) is 5.92 Å². The monoisotopic (exact) mass is 328 g/mol. The Morgan fingerprint density at radius 2 is 1.95 bits per heavy atom. The highest BCUT2D eigenvalue weighted by Crippen LogP contribution is 2.29. The van der Waals surface area contributed by atoms with Crippen LogP contribution in [0.2, 0.25) is 0 Å². The first-order valence-corrected chi connectivity index (χ1v) is 8.79. The van der Waals surface area contributed by atoms with E-state index in [0.29, 0.717) is 0 Å². The van der Waals surface area contributed by atoms with Crippen molar-refractivity contribution in [3.63, 3.8) is 0 Å². The normalized spacial score (nSPS) is 13.5. The molecule has 0 bridgehead atoms. The second-order valence-corrected chi connectivity index (χ2v) is 7.67. The van der Waals surface area contributed by atoms with Gasteiger partial charge in [0.15, 0.2) is 0 Å². The van der Waals surface area contributed by atoms with E-state index in [9.17, 15) is 12.8 Å². The second kappa shape index (κ2) is 6.13. The minimum atomic E-state index is -3.89. The van der Waals surface area contributed by atoms with Gasteiger partial charge in [-0.05, 0) is 29.5 Å². The Labute approximate surface area is 127 Å². The van der Waals surface area contributed by atoms with E-state index in [0.717, 1.165) is 10.9 Å². The molecule has 0 aliphatic rings. The van der Waals surface area contributed by atoms with Crippen LogP contribution >= 0.6 is 11.3 Å². The number of rotatable bonds is 5. The van der Waals surface area contributed by atoms with Crippen molar-refractivity contribution in [2.45, 2.75) is 24.8 Å². The van der Waals surface area contributed by atoms with Crippen LogP contribution in [0.3, 0.4) is 0 Å². The first kappa shape index (κ1) is 15.9. The lowest BCUT2D eigenvalue weighted by atomic mass is 10.0. The van der Waals surface area contributed by atoms with E-state index in [1.807, 2.05) is 31.4 Å². The molecule has 21 heavy (non-hydrogen) atoms. The fraction of sp³-hybridized carbons (Fsp3) is 0.286. The predicted molar refractivity (Wildman–Crippen MR) is 83.0 cm³/mol. The number of sulfonamides is 1. The van der Waals surface area contributed by atoms with Gasteiger partial charge in [0.25, 0.3) is 0 Å². The van der Waals surface area contributed by atoms with Crippen LogP contribution in [0.15, 0.2) is 40.6 Å². The maximum Gasteiger partial charge on any atom is 0.243 e. The summed E-state index contributed by atoms with van der Waals surface area (Å²) < 4.78 is 41.0. The molecule has 0 saturated heterocycles. The van der Waals surface area contributed by atoms with Crippen LogP contribution in [0.5, 0.6) is 0 Å². The number of hydrogen-bond acceptors (Lipinski definition) is 4. The van der Waals surface area contributed by atoms with Gasteiger partial charge in [-0.1, -0.05) is 26.0 Å². The average molecular weight is 328 g/mol. The molecule has 3 N–H and O–H groups in total. The lowest BCUT2D eigenvalue weighted by molar-refractivity contribution is 0.469. The lowest BCUT2D eigenvalue weighted by Gasteiger charge is -2.21. The van der Waals surface area contributed by atoms with Crippen LogP contribution < -0.4 is 10.5 Å². The van der Waals surface area contributed by atoms with Crippen molar-refractivity contribution in [1.29, 1.82) is 0 Å². The number of thiophene rings is 1. The molecule has 2 aromatic rings. The molecule has 0 spiro atoms. The molecule has 114 valence electrons. The van der Waals surface area contributed by atoms with Gasteiger partial charge in [-0.2, -0.15) is 0 Å². The SMILES string of the molecule is CC(C)C(NS(=O)(=O)c1cccc(F)c1N)c1cccs1. The van der Waals surface area contributed by atoms with Crippen LogP contribution in [0.4, 0.5) is 10.1 Å². The molecule has 1 unspecified atom stereocenters.